The Hall–Kier alpha value is -1.88. The number of hydrogen-bond donors (Lipinski definition) is 1. The molecular weight excluding hydrogens is 230 g/mol. The molecule has 0 aliphatic carbocycles. The highest BCUT2D eigenvalue weighted by Crippen LogP contribution is 2.25. The monoisotopic (exact) mass is 245 g/mol. The molecule has 1 fully saturated rings. The lowest BCUT2D eigenvalue weighted by Crippen LogP contribution is -2.12. The Morgan fingerprint density at radius 2 is 2.17 bits per heavy atom. The summed E-state index contributed by atoms with van der Waals surface area (Å²) in [5, 5.41) is 7.36. The van der Waals surface area contributed by atoms with Crippen LogP contribution in [0.5, 0.6) is 5.75 Å². The van der Waals surface area contributed by atoms with E-state index < -0.39 is 0 Å². The second kappa shape index (κ2) is 4.78. The number of hydrogen-bond acceptors (Lipinski definition) is 5. The Morgan fingerprint density at radius 1 is 1.33 bits per heavy atom. The number of rotatable bonds is 3. The summed E-state index contributed by atoms with van der Waals surface area (Å²) in [6, 6.07) is 7.84. The van der Waals surface area contributed by atoms with Crippen LogP contribution in [0.3, 0.4) is 0 Å². The first-order valence-electron chi connectivity index (χ1n) is 6.08. The first-order chi connectivity index (χ1) is 8.86. The van der Waals surface area contributed by atoms with Gasteiger partial charge in [0.05, 0.1) is 13.2 Å². The molecule has 3 rings (SSSR count). The highest BCUT2D eigenvalue weighted by atomic mass is 16.5. The van der Waals surface area contributed by atoms with Crippen molar-refractivity contribution in [1.29, 1.82) is 0 Å². The molecule has 2 heterocycles. The lowest BCUT2D eigenvalue weighted by atomic mass is 10.2. The molecule has 1 aromatic carbocycles. The second-order valence-electron chi connectivity index (χ2n) is 4.33. The number of methoxy groups -OCH3 is 1. The van der Waals surface area contributed by atoms with E-state index in [1.165, 1.54) is 0 Å². The molecule has 0 unspecified atom stereocenters. The van der Waals surface area contributed by atoms with Crippen LogP contribution in [0.25, 0.3) is 11.4 Å². The highest BCUT2D eigenvalue weighted by molar-refractivity contribution is 5.55. The molecule has 5 nitrogen and oxygen atoms in total. The average Bonchev–Trinajstić information content (AvgIpc) is 3.09. The zero-order valence-corrected chi connectivity index (χ0v) is 10.2. The van der Waals surface area contributed by atoms with Crippen molar-refractivity contribution in [2.24, 2.45) is 0 Å². The fourth-order valence-electron chi connectivity index (χ4n) is 2.13. The van der Waals surface area contributed by atoms with Gasteiger partial charge in [0.2, 0.25) is 11.7 Å². The molecule has 5 heteroatoms. The summed E-state index contributed by atoms with van der Waals surface area (Å²) in [6.07, 6.45) is 2.22. The fourth-order valence-corrected chi connectivity index (χ4v) is 2.13. The third kappa shape index (κ3) is 2.09. The Morgan fingerprint density at radius 3 is 2.83 bits per heavy atom. The Kier molecular flexibility index (Phi) is 2.98. The van der Waals surface area contributed by atoms with Gasteiger partial charge in [0.25, 0.3) is 0 Å². The van der Waals surface area contributed by atoms with Gasteiger partial charge >= 0.3 is 0 Å². The quantitative estimate of drug-likeness (QED) is 0.898. The topological polar surface area (TPSA) is 60.2 Å². The summed E-state index contributed by atoms with van der Waals surface area (Å²) in [5.41, 5.74) is 0.934. The SMILES string of the molecule is COc1ccc(-c2noc([C@@H]3CCCN3)n2)cc1. The van der Waals surface area contributed by atoms with Gasteiger partial charge in [0, 0.05) is 5.56 Å². The Bertz CT molecular complexity index is 515. The van der Waals surface area contributed by atoms with E-state index in [0.29, 0.717) is 11.7 Å². The summed E-state index contributed by atoms with van der Waals surface area (Å²) < 4.78 is 10.4. The largest absolute Gasteiger partial charge is 0.497 e. The van der Waals surface area contributed by atoms with E-state index in [1.807, 2.05) is 24.3 Å². The van der Waals surface area contributed by atoms with E-state index >= 15 is 0 Å². The van der Waals surface area contributed by atoms with E-state index in [4.69, 9.17) is 9.26 Å². The van der Waals surface area contributed by atoms with Crippen molar-refractivity contribution in [1.82, 2.24) is 15.5 Å². The van der Waals surface area contributed by atoms with Crippen LogP contribution in [0.15, 0.2) is 28.8 Å². The molecule has 1 aliphatic heterocycles. The van der Waals surface area contributed by atoms with E-state index in [-0.39, 0.29) is 6.04 Å². The van der Waals surface area contributed by atoms with Gasteiger partial charge in [-0.15, -0.1) is 0 Å². The molecule has 0 amide bonds. The molecule has 1 saturated heterocycles. The minimum Gasteiger partial charge on any atom is -0.497 e. The average molecular weight is 245 g/mol. The minimum absolute atomic E-state index is 0.212. The van der Waals surface area contributed by atoms with Crippen molar-refractivity contribution in [2.45, 2.75) is 18.9 Å². The highest BCUT2D eigenvalue weighted by Gasteiger charge is 2.22. The number of nitrogens with one attached hydrogen (secondary N) is 1. The van der Waals surface area contributed by atoms with Crippen LogP contribution in [0, 0.1) is 0 Å². The molecule has 1 atom stereocenters. The van der Waals surface area contributed by atoms with E-state index in [9.17, 15) is 0 Å². The van der Waals surface area contributed by atoms with Crippen LogP contribution in [0.1, 0.15) is 24.8 Å². The molecule has 1 aliphatic rings. The predicted octanol–water partition coefficient (Wildman–Crippen LogP) is 2.17. The molecule has 0 bridgehead atoms. The molecule has 0 saturated carbocycles. The molecule has 1 N–H and O–H groups in total. The van der Waals surface area contributed by atoms with E-state index in [2.05, 4.69) is 15.5 Å². The molecule has 0 spiro atoms. The van der Waals surface area contributed by atoms with Crippen molar-refractivity contribution >= 4 is 0 Å². The summed E-state index contributed by atoms with van der Waals surface area (Å²) in [4.78, 5) is 4.44. The molecule has 0 radical (unpaired) electrons. The zero-order chi connectivity index (χ0) is 12.4. The van der Waals surface area contributed by atoms with E-state index in [1.54, 1.807) is 7.11 Å². The van der Waals surface area contributed by atoms with Gasteiger partial charge in [-0.25, -0.2) is 0 Å². The van der Waals surface area contributed by atoms with Crippen LogP contribution in [0.4, 0.5) is 0 Å². The first-order valence-corrected chi connectivity index (χ1v) is 6.08. The van der Waals surface area contributed by atoms with Crippen molar-refractivity contribution in [3.8, 4) is 17.1 Å². The molecule has 2 aromatic rings. The zero-order valence-electron chi connectivity index (χ0n) is 10.2. The van der Waals surface area contributed by atoms with Crippen LogP contribution in [-0.4, -0.2) is 23.8 Å². The molecule has 94 valence electrons. The van der Waals surface area contributed by atoms with Crippen molar-refractivity contribution in [2.75, 3.05) is 13.7 Å². The van der Waals surface area contributed by atoms with Crippen LogP contribution in [0.2, 0.25) is 0 Å². The Labute approximate surface area is 105 Å². The lowest BCUT2D eigenvalue weighted by molar-refractivity contribution is 0.345. The summed E-state index contributed by atoms with van der Waals surface area (Å²) in [6.45, 7) is 1.02. The summed E-state index contributed by atoms with van der Waals surface area (Å²) in [7, 11) is 1.65. The van der Waals surface area contributed by atoms with Gasteiger partial charge in [0.15, 0.2) is 0 Å². The van der Waals surface area contributed by atoms with Crippen molar-refractivity contribution < 1.29 is 9.26 Å². The summed E-state index contributed by atoms with van der Waals surface area (Å²) >= 11 is 0. The number of aromatic nitrogens is 2. The van der Waals surface area contributed by atoms with Gasteiger partial charge in [-0.05, 0) is 43.7 Å². The van der Waals surface area contributed by atoms with Gasteiger partial charge in [-0.3, -0.25) is 0 Å². The van der Waals surface area contributed by atoms with Crippen LogP contribution in [-0.2, 0) is 0 Å². The lowest BCUT2D eigenvalue weighted by Gasteiger charge is -2.01. The van der Waals surface area contributed by atoms with Crippen molar-refractivity contribution in [3.63, 3.8) is 0 Å². The van der Waals surface area contributed by atoms with E-state index in [0.717, 1.165) is 30.7 Å². The minimum atomic E-state index is 0.212. The third-order valence-corrected chi connectivity index (χ3v) is 3.15. The van der Waals surface area contributed by atoms with Gasteiger partial charge in [0.1, 0.15) is 5.75 Å². The maximum absolute atomic E-state index is 5.30. The molecular formula is C13H15N3O2. The maximum Gasteiger partial charge on any atom is 0.244 e. The fraction of sp³-hybridized carbons (Fsp3) is 0.385. The number of benzene rings is 1. The van der Waals surface area contributed by atoms with Gasteiger partial charge < -0.3 is 14.6 Å². The van der Waals surface area contributed by atoms with Crippen LogP contribution < -0.4 is 10.1 Å². The number of ether oxygens (including phenoxy) is 1. The van der Waals surface area contributed by atoms with Crippen molar-refractivity contribution in [3.05, 3.63) is 30.2 Å². The standard InChI is InChI=1S/C13H15N3O2/c1-17-10-6-4-9(5-7-10)12-15-13(18-16-12)11-3-2-8-14-11/h4-7,11,14H,2-3,8H2,1H3/t11-/m0/s1. The Balaban J connectivity index is 1.82. The molecule has 18 heavy (non-hydrogen) atoms. The summed E-state index contributed by atoms with van der Waals surface area (Å²) in [5.74, 6) is 2.12. The second-order valence-corrected chi connectivity index (χ2v) is 4.33. The van der Waals surface area contributed by atoms with Gasteiger partial charge in [-0.2, -0.15) is 4.98 Å². The first kappa shape index (κ1) is 11.2. The molecule has 1 aromatic heterocycles. The predicted molar refractivity (Wildman–Crippen MR) is 66.3 cm³/mol. The third-order valence-electron chi connectivity index (χ3n) is 3.15. The smallest absolute Gasteiger partial charge is 0.244 e. The van der Waals surface area contributed by atoms with Gasteiger partial charge in [-0.1, -0.05) is 5.16 Å². The maximum atomic E-state index is 5.30. The normalized spacial score (nSPS) is 19.1. The number of nitrogens with zero attached hydrogens (tertiary/aromatic N) is 2. The van der Waals surface area contributed by atoms with Crippen LogP contribution >= 0.6 is 0 Å².